The third-order valence-corrected chi connectivity index (χ3v) is 4.86. The van der Waals surface area contributed by atoms with E-state index in [4.69, 9.17) is 9.47 Å². The molecule has 0 saturated carbocycles. The zero-order chi connectivity index (χ0) is 18.7. The predicted molar refractivity (Wildman–Crippen MR) is 98.6 cm³/mol. The monoisotopic (exact) mass is 378 g/mol. The van der Waals surface area contributed by atoms with Crippen LogP contribution in [0.15, 0.2) is 60.7 Å². The lowest BCUT2D eigenvalue weighted by molar-refractivity contribution is 0.133. The molecule has 140 valence electrons. The second-order valence-electron chi connectivity index (χ2n) is 5.54. The molecule has 0 radical (unpaired) electrons. The molecule has 2 aromatic rings. The molecule has 0 spiro atoms. The number of hydrogen-bond acceptors (Lipinski definition) is 4. The summed E-state index contributed by atoms with van der Waals surface area (Å²) in [5.41, 5.74) is 1.86. The van der Waals surface area contributed by atoms with Crippen molar-refractivity contribution >= 4 is 13.6 Å². The minimum atomic E-state index is -3.59. The first kappa shape index (κ1) is 20.1. The van der Waals surface area contributed by atoms with E-state index in [-0.39, 0.29) is 26.0 Å². The Morgan fingerprint density at radius 2 is 1.54 bits per heavy atom. The van der Waals surface area contributed by atoms with Gasteiger partial charge in [0.1, 0.15) is 6.61 Å². The number of carbonyl (C=O) groups is 1. The molecule has 0 heterocycles. The van der Waals surface area contributed by atoms with Gasteiger partial charge in [-0.05, 0) is 11.1 Å². The Labute approximate surface area is 152 Å². The van der Waals surface area contributed by atoms with Crippen LogP contribution in [0.3, 0.4) is 0 Å². The van der Waals surface area contributed by atoms with Crippen molar-refractivity contribution < 1.29 is 23.7 Å². The van der Waals surface area contributed by atoms with E-state index in [1.165, 1.54) is 0 Å². The van der Waals surface area contributed by atoms with E-state index in [0.29, 0.717) is 6.61 Å². The van der Waals surface area contributed by atoms with Gasteiger partial charge in [-0.2, -0.15) is 0 Å². The molecular formula is C18H23N2O5P. The van der Waals surface area contributed by atoms with Gasteiger partial charge in [-0.25, -0.2) is 9.88 Å². The van der Waals surface area contributed by atoms with Gasteiger partial charge in [0.05, 0.1) is 26.0 Å². The van der Waals surface area contributed by atoms with Crippen LogP contribution in [-0.4, -0.2) is 30.4 Å². The number of nitrogens with one attached hydrogen (secondary N) is 2. The largest absolute Gasteiger partial charge is 0.445 e. The Bertz CT molecular complexity index is 712. The van der Waals surface area contributed by atoms with E-state index in [1.54, 1.807) is 0 Å². The van der Waals surface area contributed by atoms with E-state index in [1.807, 2.05) is 60.7 Å². The van der Waals surface area contributed by atoms with Crippen molar-refractivity contribution in [2.75, 3.05) is 19.4 Å². The molecule has 0 bridgehead atoms. The van der Waals surface area contributed by atoms with Gasteiger partial charge in [-0.3, -0.25) is 4.57 Å². The zero-order valence-electron chi connectivity index (χ0n) is 14.3. The Hall–Kier alpha value is -2.18. The number of rotatable bonds is 10. The third-order valence-electron chi connectivity index (χ3n) is 3.42. The molecular weight excluding hydrogens is 355 g/mol. The number of hydrogen-bond donors (Lipinski definition) is 3. The molecule has 1 amide bonds. The normalized spacial score (nSPS) is 13.0. The van der Waals surface area contributed by atoms with Crippen LogP contribution in [0.5, 0.6) is 0 Å². The fraction of sp³-hybridized carbons (Fsp3) is 0.278. The summed E-state index contributed by atoms with van der Waals surface area (Å²) in [5, 5.41) is 4.79. The van der Waals surface area contributed by atoms with Gasteiger partial charge in [0.15, 0.2) is 0 Å². The standard InChI is InChI=1S/C18H23N2O5P/c21-18(25-14-17-9-5-2-6-10-17)19-15-20-26(22,23)12-11-24-13-16-7-3-1-4-8-16/h1-10H,11-15H2,(H,19,21)(H2,20,22,23). The van der Waals surface area contributed by atoms with Crippen molar-refractivity contribution in [3.63, 3.8) is 0 Å². The average molecular weight is 378 g/mol. The fourth-order valence-corrected chi connectivity index (χ4v) is 2.90. The van der Waals surface area contributed by atoms with E-state index in [9.17, 15) is 14.3 Å². The van der Waals surface area contributed by atoms with Gasteiger partial charge in [-0.1, -0.05) is 60.7 Å². The summed E-state index contributed by atoms with van der Waals surface area (Å²) in [6, 6.07) is 18.8. The van der Waals surface area contributed by atoms with Crippen molar-refractivity contribution in [3.05, 3.63) is 71.8 Å². The minimum Gasteiger partial charge on any atom is -0.445 e. The highest BCUT2D eigenvalue weighted by Crippen LogP contribution is 2.33. The van der Waals surface area contributed by atoms with Crippen LogP contribution in [0.2, 0.25) is 0 Å². The lowest BCUT2D eigenvalue weighted by Crippen LogP contribution is -2.33. The zero-order valence-corrected chi connectivity index (χ0v) is 15.2. The quantitative estimate of drug-likeness (QED) is 0.334. The summed E-state index contributed by atoms with van der Waals surface area (Å²) in [5.74, 6) is 0. The van der Waals surface area contributed by atoms with E-state index in [2.05, 4.69) is 10.4 Å². The van der Waals surface area contributed by atoms with Gasteiger partial charge in [0.25, 0.3) is 7.52 Å². The van der Waals surface area contributed by atoms with Crippen LogP contribution in [0.4, 0.5) is 4.79 Å². The Morgan fingerprint density at radius 1 is 0.962 bits per heavy atom. The molecule has 0 aliphatic heterocycles. The molecule has 3 N–H and O–H groups in total. The highest BCUT2D eigenvalue weighted by molar-refractivity contribution is 7.55. The van der Waals surface area contributed by atoms with Crippen molar-refractivity contribution in [3.8, 4) is 0 Å². The molecule has 7 nitrogen and oxygen atoms in total. The van der Waals surface area contributed by atoms with E-state index >= 15 is 0 Å². The Balaban J connectivity index is 1.57. The minimum absolute atomic E-state index is 0.0550. The lowest BCUT2D eigenvalue weighted by Gasteiger charge is -2.14. The van der Waals surface area contributed by atoms with Crippen LogP contribution in [0.25, 0.3) is 0 Å². The number of benzene rings is 2. The molecule has 0 fully saturated rings. The van der Waals surface area contributed by atoms with Gasteiger partial charge in [-0.15, -0.1) is 0 Å². The van der Waals surface area contributed by atoms with Crippen LogP contribution in [0.1, 0.15) is 11.1 Å². The maximum absolute atomic E-state index is 12.0. The van der Waals surface area contributed by atoms with Crippen LogP contribution < -0.4 is 10.4 Å². The second kappa shape index (κ2) is 10.7. The molecule has 2 aromatic carbocycles. The highest BCUT2D eigenvalue weighted by atomic mass is 31.2. The molecule has 2 rings (SSSR count). The summed E-state index contributed by atoms with van der Waals surface area (Å²) in [7, 11) is -3.59. The van der Waals surface area contributed by atoms with Gasteiger partial charge in [0.2, 0.25) is 0 Å². The van der Waals surface area contributed by atoms with Crippen LogP contribution >= 0.6 is 7.52 Å². The van der Waals surface area contributed by atoms with Crippen molar-refractivity contribution in [2.24, 2.45) is 0 Å². The maximum atomic E-state index is 12.0. The topological polar surface area (TPSA) is 96.9 Å². The first-order valence-corrected chi connectivity index (χ1v) is 10.0. The van der Waals surface area contributed by atoms with Crippen LogP contribution in [0, 0.1) is 0 Å². The summed E-state index contributed by atoms with van der Waals surface area (Å²) in [6.07, 6.45) is -0.720. The van der Waals surface area contributed by atoms with Crippen molar-refractivity contribution in [1.82, 2.24) is 10.4 Å². The van der Waals surface area contributed by atoms with E-state index in [0.717, 1.165) is 11.1 Å². The summed E-state index contributed by atoms with van der Waals surface area (Å²) in [6.45, 7) is 0.482. The van der Waals surface area contributed by atoms with Gasteiger partial charge < -0.3 is 19.7 Å². The van der Waals surface area contributed by atoms with Gasteiger partial charge in [0, 0.05) is 0 Å². The molecule has 0 aromatic heterocycles. The Morgan fingerprint density at radius 3 is 2.15 bits per heavy atom. The Kier molecular flexibility index (Phi) is 8.31. The molecule has 1 unspecified atom stereocenters. The van der Waals surface area contributed by atoms with E-state index < -0.39 is 13.6 Å². The number of carbonyl (C=O) groups excluding carboxylic acids is 1. The van der Waals surface area contributed by atoms with Crippen molar-refractivity contribution in [1.29, 1.82) is 0 Å². The molecule has 1 atom stereocenters. The first-order valence-electron chi connectivity index (χ1n) is 8.18. The predicted octanol–water partition coefficient (Wildman–Crippen LogP) is 2.86. The maximum Gasteiger partial charge on any atom is 0.408 e. The number of ether oxygens (including phenoxy) is 2. The molecule has 0 aliphatic rings. The first-order chi connectivity index (χ1) is 12.6. The molecule has 26 heavy (non-hydrogen) atoms. The molecule has 0 aliphatic carbocycles. The van der Waals surface area contributed by atoms with Crippen molar-refractivity contribution in [2.45, 2.75) is 13.2 Å². The summed E-state index contributed by atoms with van der Waals surface area (Å²) in [4.78, 5) is 21.4. The SMILES string of the molecule is O=C(NCNP(=O)(O)CCOCc1ccccc1)OCc1ccccc1. The third kappa shape index (κ3) is 8.27. The fourth-order valence-electron chi connectivity index (χ4n) is 2.04. The lowest BCUT2D eigenvalue weighted by atomic mass is 10.2. The van der Waals surface area contributed by atoms with Gasteiger partial charge >= 0.3 is 6.09 Å². The molecule has 8 heteroatoms. The summed E-state index contributed by atoms with van der Waals surface area (Å²) >= 11 is 0. The highest BCUT2D eigenvalue weighted by Gasteiger charge is 2.17. The molecule has 0 saturated heterocycles. The number of amides is 1. The smallest absolute Gasteiger partial charge is 0.408 e. The summed E-state index contributed by atoms with van der Waals surface area (Å²) < 4.78 is 22.3. The number of alkyl carbamates (subject to hydrolysis) is 1. The second-order valence-corrected chi connectivity index (χ2v) is 7.70. The average Bonchev–Trinajstić information content (AvgIpc) is 2.65. The van der Waals surface area contributed by atoms with Crippen LogP contribution in [-0.2, 0) is 27.3 Å².